The summed E-state index contributed by atoms with van der Waals surface area (Å²) < 4.78 is 9.73. The summed E-state index contributed by atoms with van der Waals surface area (Å²) in [5, 5.41) is 0. The molecule has 16 heavy (non-hydrogen) atoms. The Morgan fingerprint density at radius 2 is 1.88 bits per heavy atom. The maximum Gasteiger partial charge on any atom is 0.230 e. The van der Waals surface area contributed by atoms with E-state index in [-0.39, 0.29) is 43.6 Å². The van der Waals surface area contributed by atoms with E-state index in [9.17, 15) is 14.4 Å². The molecule has 1 aliphatic rings. The van der Waals surface area contributed by atoms with Gasteiger partial charge in [0.15, 0.2) is 5.78 Å². The molecule has 90 valence electrons. The molecular weight excluding hydrogens is 214 g/mol. The van der Waals surface area contributed by atoms with Gasteiger partial charge in [0, 0.05) is 20.0 Å². The molecule has 6 heteroatoms. The highest BCUT2D eigenvalue weighted by molar-refractivity contribution is 6.04. The summed E-state index contributed by atoms with van der Waals surface area (Å²) in [4.78, 5) is 34.7. The first-order chi connectivity index (χ1) is 7.65. The van der Waals surface area contributed by atoms with Crippen molar-refractivity contribution in [2.75, 3.05) is 33.5 Å². The molecule has 0 N–H and O–H groups in total. The van der Waals surface area contributed by atoms with Crippen LogP contribution in [0.1, 0.15) is 12.8 Å². The van der Waals surface area contributed by atoms with Crippen molar-refractivity contribution in [1.29, 1.82) is 0 Å². The molecule has 0 aromatic rings. The van der Waals surface area contributed by atoms with Crippen LogP contribution in [0.4, 0.5) is 0 Å². The van der Waals surface area contributed by atoms with Crippen LogP contribution >= 0.6 is 0 Å². The average molecular weight is 229 g/mol. The minimum atomic E-state index is -0.282. The lowest BCUT2D eigenvalue weighted by atomic mass is 10.4. The van der Waals surface area contributed by atoms with E-state index in [1.54, 1.807) is 0 Å². The first-order valence-corrected chi connectivity index (χ1v) is 5.06. The average Bonchev–Trinajstić information content (AvgIpc) is 2.56. The highest BCUT2D eigenvalue weighted by atomic mass is 16.5. The van der Waals surface area contributed by atoms with Crippen LogP contribution in [-0.2, 0) is 23.9 Å². The van der Waals surface area contributed by atoms with Gasteiger partial charge in [-0.05, 0) is 0 Å². The second kappa shape index (κ2) is 6.34. The molecule has 6 nitrogen and oxygen atoms in total. The van der Waals surface area contributed by atoms with Crippen LogP contribution in [0, 0.1) is 0 Å². The summed E-state index contributed by atoms with van der Waals surface area (Å²) in [7, 11) is 1.53. The van der Waals surface area contributed by atoms with Gasteiger partial charge in [-0.15, -0.1) is 0 Å². The topological polar surface area (TPSA) is 72.9 Å². The van der Waals surface area contributed by atoms with Gasteiger partial charge >= 0.3 is 0 Å². The number of nitrogens with zero attached hydrogens (tertiary/aromatic N) is 1. The number of imide groups is 1. The first kappa shape index (κ1) is 12.8. The zero-order valence-electron chi connectivity index (χ0n) is 9.23. The Hall–Kier alpha value is -1.27. The number of hydrogen-bond donors (Lipinski definition) is 0. The highest BCUT2D eigenvalue weighted by Gasteiger charge is 2.30. The molecule has 0 aromatic carbocycles. The van der Waals surface area contributed by atoms with Crippen molar-refractivity contribution in [2.24, 2.45) is 0 Å². The van der Waals surface area contributed by atoms with Crippen molar-refractivity contribution in [3.63, 3.8) is 0 Å². The fraction of sp³-hybridized carbons (Fsp3) is 0.700. The van der Waals surface area contributed by atoms with Crippen molar-refractivity contribution >= 4 is 17.6 Å². The van der Waals surface area contributed by atoms with Crippen LogP contribution in [0.2, 0.25) is 0 Å². The van der Waals surface area contributed by atoms with Crippen molar-refractivity contribution in [2.45, 2.75) is 12.8 Å². The van der Waals surface area contributed by atoms with E-state index in [1.165, 1.54) is 7.11 Å². The van der Waals surface area contributed by atoms with Crippen LogP contribution in [0.15, 0.2) is 0 Å². The van der Waals surface area contributed by atoms with E-state index >= 15 is 0 Å². The molecular formula is C10H15NO5. The molecule has 0 atom stereocenters. The fourth-order valence-electron chi connectivity index (χ4n) is 1.35. The molecule has 0 radical (unpaired) electrons. The van der Waals surface area contributed by atoms with Gasteiger partial charge in [0.05, 0.1) is 19.8 Å². The molecule has 0 bridgehead atoms. The molecule has 1 saturated heterocycles. The van der Waals surface area contributed by atoms with Gasteiger partial charge in [-0.1, -0.05) is 0 Å². The largest absolute Gasteiger partial charge is 0.382 e. The number of amides is 2. The summed E-state index contributed by atoms with van der Waals surface area (Å²) >= 11 is 0. The zero-order valence-corrected chi connectivity index (χ0v) is 9.23. The van der Waals surface area contributed by atoms with Crippen LogP contribution in [0.25, 0.3) is 0 Å². The Bertz CT molecular complexity index is 273. The standard InChI is InChI=1S/C10H15NO5/c1-15-4-5-16-7-8(12)6-11-9(13)2-3-10(11)14/h2-7H2,1H3. The third kappa shape index (κ3) is 3.71. The number of carbonyl (C=O) groups excluding carboxylic acids is 3. The van der Waals surface area contributed by atoms with Crippen molar-refractivity contribution in [3.8, 4) is 0 Å². The van der Waals surface area contributed by atoms with Gasteiger partial charge in [0.1, 0.15) is 6.61 Å². The second-order valence-corrected chi connectivity index (χ2v) is 3.46. The molecule has 0 aromatic heterocycles. The molecule has 1 aliphatic heterocycles. The lowest BCUT2D eigenvalue weighted by Crippen LogP contribution is -2.35. The van der Waals surface area contributed by atoms with E-state index in [1.807, 2.05) is 0 Å². The van der Waals surface area contributed by atoms with Gasteiger partial charge in [-0.25, -0.2) is 0 Å². The minimum absolute atomic E-state index is 0.0968. The Labute approximate surface area is 93.5 Å². The lowest BCUT2D eigenvalue weighted by molar-refractivity contribution is -0.142. The summed E-state index contributed by atoms with van der Waals surface area (Å²) in [6.07, 6.45) is 0.410. The number of ether oxygens (including phenoxy) is 2. The van der Waals surface area contributed by atoms with Gasteiger partial charge in [0.2, 0.25) is 11.8 Å². The minimum Gasteiger partial charge on any atom is -0.382 e. The maximum absolute atomic E-state index is 11.3. The number of ketones is 1. The third-order valence-electron chi connectivity index (χ3n) is 2.18. The van der Waals surface area contributed by atoms with Crippen LogP contribution in [-0.4, -0.2) is 56.0 Å². The molecule has 0 spiro atoms. The third-order valence-corrected chi connectivity index (χ3v) is 2.18. The van der Waals surface area contributed by atoms with Gasteiger partial charge in [-0.3, -0.25) is 19.3 Å². The maximum atomic E-state index is 11.3. The monoisotopic (exact) mass is 229 g/mol. The number of likely N-dealkylation sites (tertiary alicyclic amines) is 1. The zero-order chi connectivity index (χ0) is 12.0. The summed E-state index contributed by atoms with van der Waals surface area (Å²) in [6.45, 7) is 0.462. The first-order valence-electron chi connectivity index (χ1n) is 5.06. The predicted molar refractivity (Wildman–Crippen MR) is 53.7 cm³/mol. The van der Waals surface area contributed by atoms with Gasteiger partial charge in [-0.2, -0.15) is 0 Å². The molecule has 0 aliphatic carbocycles. The lowest BCUT2D eigenvalue weighted by Gasteiger charge is -2.12. The Balaban J connectivity index is 2.23. The smallest absolute Gasteiger partial charge is 0.230 e. The highest BCUT2D eigenvalue weighted by Crippen LogP contribution is 2.10. The number of Topliss-reactive ketones (excluding diaryl/α,β-unsaturated/α-hetero) is 1. The summed E-state index contributed by atoms with van der Waals surface area (Å²) in [5.41, 5.74) is 0. The molecule has 1 fully saturated rings. The Kier molecular flexibility index (Phi) is 5.07. The SMILES string of the molecule is COCCOCC(=O)CN1C(=O)CCC1=O. The number of methoxy groups -OCH3 is 1. The molecule has 1 rings (SSSR count). The Morgan fingerprint density at radius 1 is 1.25 bits per heavy atom. The van der Waals surface area contributed by atoms with E-state index in [0.717, 1.165) is 4.90 Å². The van der Waals surface area contributed by atoms with Crippen molar-refractivity contribution in [1.82, 2.24) is 4.90 Å². The number of hydrogen-bond acceptors (Lipinski definition) is 5. The molecule has 2 amide bonds. The number of rotatable bonds is 7. The van der Waals surface area contributed by atoms with E-state index < -0.39 is 0 Å². The van der Waals surface area contributed by atoms with E-state index in [4.69, 9.17) is 9.47 Å². The normalized spacial score (nSPS) is 15.9. The van der Waals surface area contributed by atoms with Crippen LogP contribution in [0.3, 0.4) is 0 Å². The van der Waals surface area contributed by atoms with E-state index in [2.05, 4.69) is 0 Å². The number of carbonyl (C=O) groups is 3. The van der Waals surface area contributed by atoms with Crippen molar-refractivity contribution in [3.05, 3.63) is 0 Å². The summed E-state index contributed by atoms with van der Waals surface area (Å²) in [6, 6.07) is 0. The van der Waals surface area contributed by atoms with Gasteiger partial charge in [0.25, 0.3) is 0 Å². The van der Waals surface area contributed by atoms with Crippen LogP contribution in [0.5, 0.6) is 0 Å². The fourth-order valence-corrected chi connectivity index (χ4v) is 1.35. The van der Waals surface area contributed by atoms with Gasteiger partial charge < -0.3 is 9.47 Å². The predicted octanol–water partition coefficient (Wildman–Crippen LogP) is -0.633. The molecule has 0 unspecified atom stereocenters. The molecule has 0 saturated carbocycles. The van der Waals surface area contributed by atoms with Crippen molar-refractivity contribution < 1.29 is 23.9 Å². The second-order valence-electron chi connectivity index (χ2n) is 3.46. The summed E-state index contributed by atoms with van der Waals surface area (Å²) in [5.74, 6) is -0.842. The van der Waals surface area contributed by atoms with Crippen LogP contribution < -0.4 is 0 Å². The quantitative estimate of drug-likeness (QED) is 0.429. The van der Waals surface area contributed by atoms with E-state index in [0.29, 0.717) is 13.2 Å². The molecule has 1 heterocycles. The Morgan fingerprint density at radius 3 is 2.44 bits per heavy atom.